The van der Waals surface area contributed by atoms with Crippen LogP contribution in [0.5, 0.6) is 0 Å². The lowest BCUT2D eigenvalue weighted by molar-refractivity contribution is 0.0142. The van der Waals surface area contributed by atoms with Gasteiger partial charge < -0.3 is 19.5 Å². The molecule has 2 saturated heterocycles. The van der Waals surface area contributed by atoms with Crippen molar-refractivity contribution in [2.75, 3.05) is 52.5 Å². The number of nitrogens with one attached hydrogen (secondary N) is 1. The second-order valence-corrected chi connectivity index (χ2v) is 8.92. The maximum atomic E-state index is 5.57. The maximum absolute atomic E-state index is 5.57. The van der Waals surface area contributed by atoms with Crippen molar-refractivity contribution in [3.8, 4) is 0 Å². The Morgan fingerprint density at radius 1 is 1.28 bits per heavy atom. The molecule has 1 aromatic heterocycles. The smallest absolute Gasteiger partial charge is 0.194 e. The summed E-state index contributed by atoms with van der Waals surface area (Å²) >= 11 is 0. The van der Waals surface area contributed by atoms with E-state index in [2.05, 4.69) is 58.6 Å². The summed E-state index contributed by atoms with van der Waals surface area (Å²) in [4.78, 5) is 14.4. The van der Waals surface area contributed by atoms with Crippen molar-refractivity contribution in [3.63, 3.8) is 0 Å². The van der Waals surface area contributed by atoms with Gasteiger partial charge in [-0.1, -0.05) is 20.8 Å². The largest absolute Gasteiger partial charge is 0.379 e. The number of nitrogens with zero attached hydrogens (tertiary/aromatic N) is 5. The first-order chi connectivity index (χ1) is 14.1. The number of imidazole rings is 1. The van der Waals surface area contributed by atoms with E-state index in [0.29, 0.717) is 23.9 Å². The van der Waals surface area contributed by atoms with Crippen LogP contribution in [0.25, 0.3) is 0 Å². The van der Waals surface area contributed by atoms with Crippen LogP contribution in [0.1, 0.15) is 46.6 Å². The monoisotopic (exact) mass is 404 g/mol. The molecule has 2 aliphatic heterocycles. The lowest BCUT2D eigenvalue weighted by Gasteiger charge is -2.39. The molecule has 0 aromatic carbocycles. The molecule has 2 fully saturated rings. The predicted octanol–water partition coefficient (Wildman–Crippen LogP) is 2.48. The third kappa shape index (κ3) is 6.19. The lowest BCUT2D eigenvalue weighted by atomic mass is 9.93. The van der Waals surface area contributed by atoms with E-state index in [1.165, 1.54) is 12.8 Å². The zero-order valence-electron chi connectivity index (χ0n) is 18.8. The summed E-state index contributed by atoms with van der Waals surface area (Å²) in [5.74, 6) is 2.37. The number of hydrogen-bond donors (Lipinski definition) is 1. The summed E-state index contributed by atoms with van der Waals surface area (Å²) in [7, 11) is 0. The predicted molar refractivity (Wildman–Crippen MR) is 118 cm³/mol. The van der Waals surface area contributed by atoms with E-state index in [9.17, 15) is 0 Å². The molecular formula is C22H40N6O. The third-order valence-corrected chi connectivity index (χ3v) is 6.22. The second kappa shape index (κ2) is 11.0. The minimum Gasteiger partial charge on any atom is -0.379 e. The molecule has 1 N–H and O–H groups in total. The molecule has 3 heterocycles. The van der Waals surface area contributed by atoms with Gasteiger partial charge in [0.25, 0.3) is 0 Å². The Morgan fingerprint density at radius 3 is 2.72 bits per heavy atom. The minimum atomic E-state index is 0.445. The van der Waals surface area contributed by atoms with Gasteiger partial charge in [0.05, 0.1) is 32.1 Å². The van der Waals surface area contributed by atoms with Gasteiger partial charge in [0.1, 0.15) is 0 Å². The van der Waals surface area contributed by atoms with Crippen molar-refractivity contribution >= 4 is 5.96 Å². The van der Waals surface area contributed by atoms with E-state index < -0.39 is 0 Å². The standard InChI is InChI=1S/C22H40N6O/c1-5-24-22(25-15-20(14-18(2)3)26-10-12-29-13-11-26)27-8-6-19(4)21(16-27)28-9-7-23-17-28/h7,9,17-21H,5-6,8,10-16H2,1-4H3,(H,24,25). The van der Waals surface area contributed by atoms with Crippen molar-refractivity contribution in [1.82, 2.24) is 24.7 Å². The molecule has 0 aliphatic carbocycles. The summed E-state index contributed by atoms with van der Waals surface area (Å²) in [6, 6.07) is 0.932. The van der Waals surface area contributed by atoms with Crippen LogP contribution in [-0.4, -0.2) is 83.8 Å². The SMILES string of the molecule is CCNC(=NCC(CC(C)C)N1CCOCC1)N1CCC(C)C(n2ccnc2)C1. The molecule has 164 valence electrons. The van der Waals surface area contributed by atoms with Gasteiger partial charge in [0, 0.05) is 51.2 Å². The first-order valence-corrected chi connectivity index (χ1v) is 11.4. The highest BCUT2D eigenvalue weighted by molar-refractivity contribution is 5.80. The number of aromatic nitrogens is 2. The minimum absolute atomic E-state index is 0.445. The Bertz CT molecular complexity index is 611. The molecule has 0 bridgehead atoms. The zero-order valence-corrected chi connectivity index (χ0v) is 18.8. The fourth-order valence-corrected chi connectivity index (χ4v) is 4.54. The summed E-state index contributed by atoms with van der Waals surface area (Å²) in [6.07, 6.45) is 8.27. The number of ether oxygens (including phenoxy) is 1. The Balaban J connectivity index is 1.70. The van der Waals surface area contributed by atoms with E-state index in [-0.39, 0.29) is 0 Å². The summed E-state index contributed by atoms with van der Waals surface area (Å²) in [5, 5.41) is 3.55. The normalized spacial score (nSPS) is 25.4. The Hall–Kier alpha value is -1.60. The Labute approximate surface area is 176 Å². The molecule has 0 radical (unpaired) electrons. The zero-order chi connectivity index (χ0) is 20.6. The molecule has 3 rings (SSSR count). The highest BCUT2D eigenvalue weighted by Gasteiger charge is 2.29. The molecule has 2 aliphatic rings. The van der Waals surface area contributed by atoms with Crippen LogP contribution in [0.15, 0.2) is 23.7 Å². The van der Waals surface area contributed by atoms with Gasteiger partial charge in [0.2, 0.25) is 0 Å². The Kier molecular flexibility index (Phi) is 8.36. The van der Waals surface area contributed by atoms with Gasteiger partial charge in [0.15, 0.2) is 5.96 Å². The van der Waals surface area contributed by atoms with Crippen LogP contribution in [0, 0.1) is 11.8 Å². The van der Waals surface area contributed by atoms with Crippen LogP contribution in [0.2, 0.25) is 0 Å². The first kappa shape index (κ1) is 22.1. The van der Waals surface area contributed by atoms with E-state index in [4.69, 9.17) is 9.73 Å². The average molecular weight is 405 g/mol. The van der Waals surface area contributed by atoms with Crippen molar-refractivity contribution in [2.45, 2.75) is 52.6 Å². The van der Waals surface area contributed by atoms with Crippen molar-refractivity contribution < 1.29 is 4.74 Å². The van der Waals surface area contributed by atoms with Gasteiger partial charge in [-0.25, -0.2) is 4.98 Å². The summed E-state index contributed by atoms with van der Waals surface area (Å²) < 4.78 is 7.83. The van der Waals surface area contributed by atoms with Crippen LogP contribution in [-0.2, 0) is 4.74 Å². The number of morpholine rings is 1. The topological polar surface area (TPSA) is 57.9 Å². The molecule has 3 atom stereocenters. The lowest BCUT2D eigenvalue weighted by Crippen LogP contribution is -2.50. The van der Waals surface area contributed by atoms with Gasteiger partial charge in [-0.05, 0) is 31.6 Å². The molecule has 0 saturated carbocycles. The van der Waals surface area contributed by atoms with Crippen molar-refractivity contribution in [1.29, 1.82) is 0 Å². The fraction of sp³-hybridized carbons (Fsp3) is 0.818. The molecular weight excluding hydrogens is 364 g/mol. The van der Waals surface area contributed by atoms with Crippen LogP contribution in [0.3, 0.4) is 0 Å². The molecule has 7 nitrogen and oxygen atoms in total. The van der Waals surface area contributed by atoms with Gasteiger partial charge in [-0.3, -0.25) is 9.89 Å². The number of rotatable bonds is 7. The summed E-state index contributed by atoms with van der Waals surface area (Å²) in [5.41, 5.74) is 0. The number of piperidine rings is 1. The number of hydrogen-bond acceptors (Lipinski definition) is 4. The molecule has 0 spiro atoms. The number of likely N-dealkylation sites (tertiary alicyclic amines) is 1. The van der Waals surface area contributed by atoms with Crippen LogP contribution >= 0.6 is 0 Å². The molecule has 0 amide bonds. The quantitative estimate of drug-likeness (QED) is 0.559. The second-order valence-electron chi connectivity index (χ2n) is 8.92. The van der Waals surface area contributed by atoms with E-state index >= 15 is 0 Å². The van der Waals surface area contributed by atoms with Crippen LogP contribution < -0.4 is 5.32 Å². The maximum Gasteiger partial charge on any atom is 0.194 e. The molecule has 29 heavy (non-hydrogen) atoms. The highest BCUT2D eigenvalue weighted by Crippen LogP contribution is 2.27. The van der Waals surface area contributed by atoms with Gasteiger partial charge in [-0.2, -0.15) is 0 Å². The van der Waals surface area contributed by atoms with Gasteiger partial charge in [-0.15, -0.1) is 0 Å². The van der Waals surface area contributed by atoms with Crippen molar-refractivity contribution in [3.05, 3.63) is 18.7 Å². The number of guanidine groups is 1. The van der Waals surface area contributed by atoms with Crippen molar-refractivity contribution in [2.24, 2.45) is 16.8 Å². The molecule has 1 aromatic rings. The van der Waals surface area contributed by atoms with Crippen LogP contribution in [0.4, 0.5) is 0 Å². The third-order valence-electron chi connectivity index (χ3n) is 6.22. The van der Waals surface area contributed by atoms with E-state index in [0.717, 1.165) is 58.4 Å². The molecule has 7 heteroatoms. The van der Waals surface area contributed by atoms with E-state index in [1.54, 1.807) is 0 Å². The Morgan fingerprint density at radius 2 is 2.07 bits per heavy atom. The number of aliphatic imine (C=N–C) groups is 1. The fourth-order valence-electron chi connectivity index (χ4n) is 4.54. The summed E-state index contributed by atoms with van der Waals surface area (Å²) in [6.45, 7) is 16.6. The highest BCUT2D eigenvalue weighted by atomic mass is 16.5. The van der Waals surface area contributed by atoms with Gasteiger partial charge >= 0.3 is 0 Å². The first-order valence-electron chi connectivity index (χ1n) is 11.4. The average Bonchev–Trinajstić information content (AvgIpc) is 3.25. The molecule has 3 unspecified atom stereocenters. The van der Waals surface area contributed by atoms with E-state index in [1.807, 2.05) is 12.5 Å².